The van der Waals surface area contributed by atoms with E-state index in [4.69, 9.17) is 16.7 Å². The van der Waals surface area contributed by atoms with Crippen LogP contribution in [0.25, 0.3) is 0 Å². The second kappa shape index (κ2) is 5.84. The van der Waals surface area contributed by atoms with E-state index in [2.05, 4.69) is 11.8 Å². The van der Waals surface area contributed by atoms with Crippen LogP contribution in [-0.2, 0) is 0 Å². The van der Waals surface area contributed by atoms with Gasteiger partial charge in [-0.25, -0.2) is 0 Å². The Hall–Kier alpha value is -1.54. The van der Waals surface area contributed by atoms with Crippen molar-refractivity contribution in [3.8, 4) is 11.8 Å². The van der Waals surface area contributed by atoms with Gasteiger partial charge >= 0.3 is 0 Å². The zero-order valence-electron chi connectivity index (χ0n) is 11.2. The number of aliphatic hydroxyl groups is 2. The molecule has 2 rings (SSSR count). The van der Waals surface area contributed by atoms with Gasteiger partial charge in [-0.2, -0.15) is 0 Å². The number of hydrogen-bond donors (Lipinski definition) is 2. The lowest BCUT2D eigenvalue weighted by molar-refractivity contribution is 0.0572. The fourth-order valence-electron chi connectivity index (χ4n) is 2.19. The van der Waals surface area contributed by atoms with Gasteiger partial charge in [-0.15, -0.1) is 0 Å². The van der Waals surface area contributed by atoms with E-state index in [9.17, 15) is 9.90 Å². The Morgan fingerprint density at radius 1 is 1.55 bits per heavy atom. The van der Waals surface area contributed by atoms with Gasteiger partial charge in [-0.3, -0.25) is 4.79 Å². The molecule has 1 aromatic rings. The van der Waals surface area contributed by atoms with Crippen LogP contribution in [0.3, 0.4) is 0 Å². The molecule has 0 spiro atoms. The van der Waals surface area contributed by atoms with Gasteiger partial charge in [-0.05, 0) is 31.5 Å². The smallest absolute Gasteiger partial charge is 0.254 e. The minimum atomic E-state index is -0.813. The average molecular weight is 294 g/mol. The van der Waals surface area contributed by atoms with E-state index in [-0.39, 0.29) is 12.5 Å². The molecule has 4 nitrogen and oxygen atoms in total. The molecular formula is C15H16ClNO3. The predicted octanol–water partition coefficient (Wildman–Crippen LogP) is 1.28. The van der Waals surface area contributed by atoms with E-state index >= 15 is 0 Å². The fourth-order valence-corrected chi connectivity index (χ4v) is 2.41. The summed E-state index contributed by atoms with van der Waals surface area (Å²) in [5.74, 6) is 5.08. The van der Waals surface area contributed by atoms with Gasteiger partial charge in [0.05, 0.1) is 10.6 Å². The Labute approximate surface area is 123 Å². The number of nitrogens with zero attached hydrogens (tertiary/aromatic N) is 1. The Kier molecular flexibility index (Phi) is 4.34. The third-order valence-corrected chi connectivity index (χ3v) is 3.57. The molecule has 0 saturated carbocycles. The van der Waals surface area contributed by atoms with Crippen LogP contribution < -0.4 is 0 Å². The first-order valence-electron chi connectivity index (χ1n) is 6.34. The van der Waals surface area contributed by atoms with Crippen LogP contribution in [0.4, 0.5) is 0 Å². The zero-order chi connectivity index (χ0) is 14.8. The van der Waals surface area contributed by atoms with Crippen molar-refractivity contribution in [2.24, 2.45) is 0 Å². The quantitative estimate of drug-likeness (QED) is 0.767. The van der Waals surface area contributed by atoms with Crippen LogP contribution in [0.1, 0.15) is 29.3 Å². The van der Waals surface area contributed by atoms with Crippen molar-refractivity contribution >= 4 is 17.5 Å². The molecule has 1 heterocycles. The molecule has 1 aliphatic rings. The molecule has 0 radical (unpaired) electrons. The summed E-state index contributed by atoms with van der Waals surface area (Å²) >= 11 is 6.07. The van der Waals surface area contributed by atoms with Crippen molar-refractivity contribution in [2.75, 3.05) is 19.7 Å². The van der Waals surface area contributed by atoms with Gasteiger partial charge in [0.25, 0.3) is 5.91 Å². The second-order valence-electron chi connectivity index (χ2n) is 5.13. The number of carbonyl (C=O) groups excluding carboxylic acids is 1. The zero-order valence-corrected chi connectivity index (χ0v) is 11.9. The van der Waals surface area contributed by atoms with Crippen LogP contribution in [0, 0.1) is 11.8 Å². The van der Waals surface area contributed by atoms with Gasteiger partial charge in [0.1, 0.15) is 6.61 Å². The first-order valence-corrected chi connectivity index (χ1v) is 6.72. The molecule has 5 heteroatoms. The SMILES string of the molecule is CC1(O)CCN(C(=O)c2ccc(C#CCO)c(Cl)c2)C1. The summed E-state index contributed by atoms with van der Waals surface area (Å²) in [4.78, 5) is 13.9. The largest absolute Gasteiger partial charge is 0.388 e. The van der Waals surface area contributed by atoms with E-state index < -0.39 is 5.60 Å². The fraction of sp³-hybridized carbons (Fsp3) is 0.400. The average Bonchev–Trinajstić information content (AvgIpc) is 2.77. The molecule has 1 atom stereocenters. The van der Waals surface area contributed by atoms with Crippen molar-refractivity contribution in [3.63, 3.8) is 0 Å². The minimum absolute atomic E-state index is 0.147. The molecule has 0 bridgehead atoms. The van der Waals surface area contributed by atoms with Gasteiger partial charge in [0.15, 0.2) is 0 Å². The van der Waals surface area contributed by atoms with Crippen LogP contribution in [0.5, 0.6) is 0 Å². The number of rotatable bonds is 1. The lowest BCUT2D eigenvalue weighted by Crippen LogP contribution is -2.33. The summed E-state index contributed by atoms with van der Waals surface area (Å²) in [5.41, 5.74) is 0.236. The number of halogens is 1. The third kappa shape index (κ3) is 3.31. The Morgan fingerprint density at radius 3 is 2.85 bits per heavy atom. The molecule has 1 saturated heterocycles. The number of likely N-dealkylation sites (tertiary alicyclic amines) is 1. The Bertz CT molecular complexity index is 587. The highest BCUT2D eigenvalue weighted by Crippen LogP contribution is 2.24. The van der Waals surface area contributed by atoms with Crippen LogP contribution in [0.2, 0.25) is 5.02 Å². The summed E-state index contributed by atoms with van der Waals surface area (Å²) in [5, 5.41) is 18.9. The number of aliphatic hydroxyl groups excluding tert-OH is 1. The highest BCUT2D eigenvalue weighted by molar-refractivity contribution is 6.32. The lowest BCUT2D eigenvalue weighted by Gasteiger charge is -2.19. The van der Waals surface area contributed by atoms with E-state index in [0.717, 1.165) is 0 Å². The maximum absolute atomic E-state index is 12.3. The van der Waals surface area contributed by atoms with Crippen molar-refractivity contribution in [2.45, 2.75) is 18.9 Å². The van der Waals surface area contributed by atoms with E-state index in [0.29, 0.717) is 35.7 Å². The van der Waals surface area contributed by atoms with Gasteiger partial charge in [0.2, 0.25) is 0 Å². The molecule has 1 aliphatic heterocycles. The second-order valence-corrected chi connectivity index (χ2v) is 5.54. The number of benzene rings is 1. The molecule has 1 unspecified atom stereocenters. The molecule has 0 aromatic heterocycles. The molecule has 1 amide bonds. The summed E-state index contributed by atoms with van der Waals surface area (Å²) in [6.45, 7) is 2.35. The van der Waals surface area contributed by atoms with Crippen LogP contribution >= 0.6 is 11.6 Å². The number of carbonyl (C=O) groups is 1. The predicted molar refractivity (Wildman–Crippen MR) is 76.6 cm³/mol. The molecule has 2 N–H and O–H groups in total. The molecule has 0 aliphatic carbocycles. The Balaban J connectivity index is 2.18. The highest BCUT2D eigenvalue weighted by atomic mass is 35.5. The number of hydrogen-bond acceptors (Lipinski definition) is 3. The maximum Gasteiger partial charge on any atom is 0.254 e. The summed E-state index contributed by atoms with van der Waals surface area (Å²) in [7, 11) is 0. The molecule has 20 heavy (non-hydrogen) atoms. The monoisotopic (exact) mass is 293 g/mol. The highest BCUT2D eigenvalue weighted by Gasteiger charge is 2.34. The van der Waals surface area contributed by atoms with E-state index in [1.54, 1.807) is 30.0 Å². The number of β-amino-alcohol motifs (C(OH)–C–C–N with tert-alkyl or cyclic N) is 1. The normalized spacial score (nSPS) is 21.5. The topological polar surface area (TPSA) is 60.8 Å². The molecule has 106 valence electrons. The van der Waals surface area contributed by atoms with Crippen molar-refractivity contribution in [1.29, 1.82) is 0 Å². The first-order chi connectivity index (χ1) is 9.43. The summed E-state index contributed by atoms with van der Waals surface area (Å²) in [6, 6.07) is 4.88. The third-order valence-electron chi connectivity index (χ3n) is 3.26. The van der Waals surface area contributed by atoms with Gasteiger partial charge in [-0.1, -0.05) is 23.4 Å². The molecule has 1 aromatic carbocycles. The summed E-state index contributed by atoms with van der Waals surface area (Å²) < 4.78 is 0. The number of amides is 1. The van der Waals surface area contributed by atoms with E-state index in [1.807, 2.05) is 0 Å². The molecule has 1 fully saturated rings. The van der Waals surface area contributed by atoms with Crippen LogP contribution in [-0.4, -0.2) is 46.3 Å². The van der Waals surface area contributed by atoms with Crippen LogP contribution in [0.15, 0.2) is 18.2 Å². The molecular weight excluding hydrogens is 278 g/mol. The lowest BCUT2D eigenvalue weighted by atomic mass is 10.1. The van der Waals surface area contributed by atoms with Crippen molar-refractivity contribution in [1.82, 2.24) is 4.90 Å². The van der Waals surface area contributed by atoms with E-state index in [1.165, 1.54) is 0 Å². The first kappa shape index (κ1) is 14.9. The van der Waals surface area contributed by atoms with Gasteiger partial charge < -0.3 is 15.1 Å². The standard InChI is InChI=1S/C15H16ClNO3/c1-15(20)6-7-17(10-15)14(19)12-5-4-11(3-2-8-18)13(16)9-12/h4-5,9,18,20H,6-8,10H2,1H3. The minimum Gasteiger partial charge on any atom is -0.388 e. The maximum atomic E-state index is 12.3. The van der Waals surface area contributed by atoms with Crippen molar-refractivity contribution in [3.05, 3.63) is 34.3 Å². The Morgan fingerprint density at radius 2 is 2.30 bits per heavy atom. The van der Waals surface area contributed by atoms with Gasteiger partial charge in [0, 0.05) is 24.2 Å². The summed E-state index contributed by atoms with van der Waals surface area (Å²) in [6.07, 6.45) is 0.576. The van der Waals surface area contributed by atoms with Crippen molar-refractivity contribution < 1.29 is 15.0 Å².